The molecule has 0 aliphatic carbocycles. The number of piperazine rings is 1. The fourth-order valence-electron chi connectivity index (χ4n) is 2.99. The summed E-state index contributed by atoms with van der Waals surface area (Å²) in [5.41, 5.74) is 1.10. The highest BCUT2D eigenvalue weighted by atomic mass is 16.3. The van der Waals surface area contributed by atoms with Gasteiger partial charge in [-0.1, -0.05) is 6.07 Å². The van der Waals surface area contributed by atoms with Crippen molar-refractivity contribution in [2.24, 2.45) is 0 Å². The van der Waals surface area contributed by atoms with E-state index in [2.05, 4.69) is 45.5 Å². The Hall–Kier alpha value is -2.01. The molecule has 0 unspecified atom stereocenters. The Morgan fingerprint density at radius 2 is 1.95 bits per heavy atom. The molecule has 2 heterocycles. The Morgan fingerprint density at radius 1 is 1.18 bits per heavy atom. The van der Waals surface area contributed by atoms with Crippen LogP contribution in [0.15, 0.2) is 36.7 Å². The van der Waals surface area contributed by atoms with Gasteiger partial charge < -0.3 is 14.6 Å². The summed E-state index contributed by atoms with van der Waals surface area (Å²) in [5, 5.41) is 9.60. The minimum atomic E-state index is 0.332. The second kappa shape index (κ2) is 6.40. The van der Waals surface area contributed by atoms with Crippen molar-refractivity contribution >= 4 is 5.69 Å². The molecule has 5 heteroatoms. The second-order valence-electron chi connectivity index (χ2n) is 6.13. The molecule has 5 nitrogen and oxygen atoms in total. The summed E-state index contributed by atoms with van der Waals surface area (Å²) in [6.45, 7) is 9.26. The van der Waals surface area contributed by atoms with E-state index in [1.54, 1.807) is 6.07 Å². The molecular formula is C17H24N4O. The average molecular weight is 300 g/mol. The second-order valence-corrected chi connectivity index (χ2v) is 6.13. The van der Waals surface area contributed by atoms with Gasteiger partial charge >= 0.3 is 0 Å². The Bertz CT molecular complexity index is 615. The molecule has 1 saturated heterocycles. The van der Waals surface area contributed by atoms with Gasteiger partial charge in [-0.25, -0.2) is 4.98 Å². The number of benzene rings is 1. The number of hydrogen-bond donors (Lipinski definition) is 1. The lowest BCUT2D eigenvalue weighted by Gasteiger charge is -2.36. The Labute approximate surface area is 131 Å². The molecule has 22 heavy (non-hydrogen) atoms. The van der Waals surface area contributed by atoms with Crippen molar-refractivity contribution in [2.75, 3.05) is 31.1 Å². The van der Waals surface area contributed by atoms with E-state index < -0.39 is 0 Å². The molecule has 0 amide bonds. The van der Waals surface area contributed by atoms with E-state index in [0.29, 0.717) is 11.8 Å². The SMILES string of the molecule is CC(C)n1ccnc1CN1CCN(c2cccc(O)c2)CC1. The Kier molecular flexibility index (Phi) is 4.34. The van der Waals surface area contributed by atoms with Crippen molar-refractivity contribution in [1.82, 2.24) is 14.5 Å². The summed E-state index contributed by atoms with van der Waals surface area (Å²) in [4.78, 5) is 9.26. The molecule has 3 rings (SSSR count). The lowest BCUT2D eigenvalue weighted by atomic mass is 10.2. The van der Waals surface area contributed by atoms with Crippen molar-refractivity contribution in [1.29, 1.82) is 0 Å². The van der Waals surface area contributed by atoms with Crippen LogP contribution in [-0.2, 0) is 6.54 Å². The van der Waals surface area contributed by atoms with E-state index in [1.807, 2.05) is 18.3 Å². The molecule has 1 aliphatic heterocycles. The number of phenols is 1. The van der Waals surface area contributed by atoms with Crippen LogP contribution in [-0.4, -0.2) is 45.7 Å². The number of hydrogen-bond acceptors (Lipinski definition) is 4. The normalized spacial score (nSPS) is 16.4. The summed E-state index contributed by atoms with van der Waals surface area (Å²) >= 11 is 0. The lowest BCUT2D eigenvalue weighted by molar-refractivity contribution is 0.239. The fraction of sp³-hybridized carbons (Fsp3) is 0.471. The number of aromatic hydroxyl groups is 1. The molecule has 0 bridgehead atoms. The first-order valence-corrected chi connectivity index (χ1v) is 7.91. The van der Waals surface area contributed by atoms with Crippen LogP contribution in [0.1, 0.15) is 25.7 Å². The molecule has 0 radical (unpaired) electrons. The van der Waals surface area contributed by atoms with Gasteiger partial charge in [0.25, 0.3) is 0 Å². The van der Waals surface area contributed by atoms with Crippen molar-refractivity contribution in [3.05, 3.63) is 42.5 Å². The predicted molar refractivity (Wildman–Crippen MR) is 88.2 cm³/mol. The van der Waals surface area contributed by atoms with Gasteiger partial charge in [0.15, 0.2) is 0 Å². The third-order valence-corrected chi connectivity index (χ3v) is 4.24. The van der Waals surface area contributed by atoms with Crippen LogP contribution in [0.25, 0.3) is 0 Å². The number of aromatic nitrogens is 2. The number of anilines is 1. The maximum Gasteiger partial charge on any atom is 0.123 e. The van der Waals surface area contributed by atoms with Crippen LogP contribution in [0.3, 0.4) is 0 Å². The highest BCUT2D eigenvalue weighted by Gasteiger charge is 2.19. The lowest BCUT2D eigenvalue weighted by Crippen LogP contribution is -2.46. The summed E-state index contributed by atoms with van der Waals surface area (Å²) in [6.07, 6.45) is 3.95. The molecule has 0 saturated carbocycles. The van der Waals surface area contributed by atoms with Gasteiger partial charge in [0, 0.05) is 56.4 Å². The average Bonchev–Trinajstić information content (AvgIpc) is 2.96. The van der Waals surface area contributed by atoms with Crippen LogP contribution in [0, 0.1) is 0 Å². The van der Waals surface area contributed by atoms with Gasteiger partial charge in [-0.2, -0.15) is 0 Å². The van der Waals surface area contributed by atoms with Gasteiger partial charge in [0.05, 0.1) is 6.54 Å². The summed E-state index contributed by atoms with van der Waals surface area (Å²) in [7, 11) is 0. The van der Waals surface area contributed by atoms with Crippen molar-refractivity contribution < 1.29 is 5.11 Å². The van der Waals surface area contributed by atoms with Crippen molar-refractivity contribution in [3.8, 4) is 5.75 Å². The van der Waals surface area contributed by atoms with Gasteiger partial charge in [-0.3, -0.25) is 4.90 Å². The smallest absolute Gasteiger partial charge is 0.123 e. The fourth-order valence-corrected chi connectivity index (χ4v) is 2.99. The molecule has 2 aromatic rings. The number of phenolic OH excluding ortho intramolecular Hbond substituents is 1. The molecule has 0 atom stereocenters. The highest BCUT2D eigenvalue weighted by Crippen LogP contribution is 2.21. The number of nitrogens with zero attached hydrogens (tertiary/aromatic N) is 4. The predicted octanol–water partition coefficient (Wildman–Crippen LogP) is 2.49. The van der Waals surface area contributed by atoms with Gasteiger partial charge in [-0.05, 0) is 26.0 Å². The van der Waals surface area contributed by atoms with Crippen LogP contribution < -0.4 is 4.90 Å². The zero-order valence-electron chi connectivity index (χ0n) is 13.3. The molecule has 0 spiro atoms. The first kappa shape index (κ1) is 14.9. The Morgan fingerprint density at radius 3 is 2.64 bits per heavy atom. The van der Waals surface area contributed by atoms with E-state index in [1.165, 1.54) is 0 Å². The van der Waals surface area contributed by atoms with Gasteiger partial charge in [0.1, 0.15) is 11.6 Å². The van der Waals surface area contributed by atoms with E-state index in [0.717, 1.165) is 44.2 Å². The minimum Gasteiger partial charge on any atom is -0.508 e. The van der Waals surface area contributed by atoms with E-state index >= 15 is 0 Å². The molecule has 1 N–H and O–H groups in total. The third kappa shape index (κ3) is 3.25. The van der Waals surface area contributed by atoms with Crippen molar-refractivity contribution in [3.63, 3.8) is 0 Å². The molecule has 1 aromatic carbocycles. The quantitative estimate of drug-likeness (QED) is 0.942. The van der Waals surface area contributed by atoms with E-state index in [-0.39, 0.29) is 0 Å². The zero-order chi connectivity index (χ0) is 15.5. The largest absolute Gasteiger partial charge is 0.508 e. The Balaban J connectivity index is 1.59. The summed E-state index contributed by atoms with van der Waals surface area (Å²) in [6, 6.07) is 7.95. The van der Waals surface area contributed by atoms with Crippen LogP contribution in [0.4, 0.5) is 5.69 Å². The molecule has 1 fully saturated rings. The maximum atomic E-state index is 9.60. The standard InChI is InChI=1S/C17H24N4O/c1-14(2)21-7-6-18-17(21)13-19-8-10-20(11-9-19)15-4-3-5-16(22)12-15/h3-7,12,14,22H,8-11,13H2,1-2H3. The first-order valence-electron chi connectivity index (χ1n) is 7.91. The monoisotopic (exact) mass is 300 g/mol. The number of imidazole rings is 1. The molecular weight excluding hydrogens is 276 g/mol. The first-order chi connectivity index (χ1) is 10.6. The van der Waals surface area contributed by atoms with E-state index in [4.69, 9.17) is 0 Å². The maximum absolute atomic E-state index is 9.60. The van der Waals surface area contributed by atoms with Gasteiger partial charge in [0.2, 0.25) is 0 Å². The molecule has 1 aliphatic rings. The van der Waals surface area contributed by atoms with Crippen LogP contribution in [0.5, 0.6) is 5.75 Å². The topological polar surface area (TPSA) is 44.5 Å². The summed E-state index contributed by atoms with van der Waals surface area (Å²) in [5.74, 6) is 1.47. The molecule has 118 valence electrons. The van der Waals surface area contributed by atoms with Crippen molar-refractivity contribution in [2.45, 2.75) is 26.4 Å². The highest BCUT2D eigenvalue weighted by molar-refractivity contribution is 5.50. The summed E-state index contributed by atoms with van der Waals surface area (Å²) < 4.78 is 2.24. The van der Waals surface area contributed by atoms with E-state index in [9.17, 15) is 5.11 Å². The number of rotatable bonds is 4. The third-order valence-electron chi connectivity index (χ3n) is 4.24. The minimum absolute atomic E-state index is 0.332. The van der Waals surface area contributed by atoms with Crippen LogP contribution in [0.2, 0.25) is 0 Å². The zero-order valence-corrected chi connectivity index (χ0v) is 13.3. The van der Waals surface area contributed by atoms with Gasteiger partial charge in [-0.15, -0.1) is 0 Å². The molecule has 1 aromatic heterocycles. The van der Waals surface area contributed by atoms with Crippen LogP contribution >= 0.6 is 0 Å².